The maximum atomic E-state index is 12.2. The van der Waals surface area contributed by atoms with Crippen LogP contribution in [0.3, 0.4) is 0 Å². The summed E-state index contributed by atoms with van der Waals surface area (Å²) in [7, 11) is 0. The van der Waals surface area contributed by atoms with Crippen molar-refractivity contribution < 1.29 is 13.4 Å². The summed E-state index contributed by atoms with van der Waals surface area (Å²) in [5.41, 5.74) is -0.592. The summed E-state index contributed by atoms with van der Waals surface area (Å²) in [6, 6.07) is 0. The Morgan fingerprint density at radius 2 is 1.83 bits per heavy atom. The average molecular weight is 176 g/mol. The molecule has 0 atom stereocenters. The normalized spacial score (nSPS) is 12.5. The number of halogens is 2. The van der Waals surface area contributed by atoms with Gasteiger partial charge in [-0.05, 0) is 5.16 Å². The lowest BCUT2D eigenvalue weighted by atomic mass is 9.91. The van der Waals surface area contributed by atoms with Crippen LogP contribution >= 0.6 is 0 Å². The van der Waals surface area contributed by atoms with Crippen molar-refractivity contribution in [3.05, 3.63) is 11.4 Å². The standard InChI is InChI=1S/C7H10F2N2O/c1-7(2,3)5-4(6(8)9)10-12-11-5/h6H,1-3H3. The van der Waals surface area contributed by atoms with Gasteiger partial charge in [0.1, 0.15) is 5.69 Å². The second-order valence-electron chi connectivity index (χ2n) is 3.55. The molecule has 68 valence electrons. The average Bonchev–Trinajstić information content (AvgIpc) is 2.30. The predicted molar refractivity (Wildman–Crippen MR) is 38.0 cm³/mol. The number of alkyl halides is 2. The molecular weight excluding hydrogens is 166 g/mol. The third kappa shape index (κ3) is 1.60. The molecule has 5 heteroatoms. The summed E-state index contributed by atoms with van der Waals surface area (Å²) < 4.78 is 28.7. The van der Waals surface area contributed by atoms with Crippen molar-refractivity contribution in [3.8, 4) is 0 Å². The van der Waals surface area contributed by atoms with E-state index in [9.17, 15) is 8.78 Å². The Hall–Kier alpha value is -1.00. The topological polar surface area (TPSA) is 38.9 Å². The maximum absolute atomic E-state index is 12.2. The molecular formula is C7H10F2N2O. The molecule has 0 saturated carbocycles. The highest BCUT2D eigenvalue weighted by atomic mass is 19.3. The molecule has 0 amide bonds. The highest BCUT2D eigenvalue weighted by Gasteiger charge is 2.28. The molecule has 0 radical (unpaired) electrons. The van der Waals surface area contributed by atoms with Crippen LogP contribution in [0.1, 0.15) is 38.6 Å². The monoisotopic (exact) mass is 176 g/mol. The van der Waals surface area contributed by atoms with E-state index in [0.717, 1.165) is 0 Å². The Morgan fingerprint density at radius 3 is 2.17 bits per heavy atom. The van der Waals surface area contributed by atoms with E-state index in [4.69, 9.17) is 0 Å². The molecule has 1 heterocycles. The highest BCUT2D eigenvalue weighted by molar-refractivity contribution is 5.17. The fourth-order valence-corrected chi connectivity index (χ4v) is 0.860. The SMILES string of the molecule is CC(C)(C)c1nonc1C(F)F. The molecule has 0 N–H and O–H groups in total. The molecule has 3 nitrogen and oxygen atoms in total. The Morgan fingerprint density at radius 1 is 1.25 bits per heavy atom. The lowest BCUT2D eigenvalue weighted by Crippen LogP contribution is -2.14. The second kappa shape index (κ2) is 2.80. The van der Waals surface area contributed by atoms with Gasteiger partial charge >= 0.3 is 0 Å². The van der Waals surface area contributed by atoms with E-state index >= 15 is 0 Å². The predicted octanol–water partition coefficient (Wildman–Crippen LogP) is 2.30. The van der Waals surface area contributed by atoms with Crippen LogP contribution in [0.15, 0.2) is 4.63 Å². The van der Waals surface area contributed by atoms with E-state index < -0.39 is 11.8 Å². The minimum atomic E-state index is -2.62. The van der Waals surface area contributed by atoms with Gasteiger partial charge in [0, 0.05) is 5.41 Å². The first-order valence-electron chi connectivity index (χ1n) is 3.54. The first-order chi connectivity index (χ1) is 5.43. The number of hydrogen-bond donors (Lipinski definition) is 0. The number of aromatic nitrogens is 2. The van der Waals surface area contributed by atoms with Crippen LogP contribution in [0.25, 0.3) is 0 Å². The second-order valence-corrected chi connectivity index (χ2v) is 3.55. The van der Waals surface area contributed by atoms with Crippen LogP contribution < -0.4 is 0 Å². The van der Waals surface area contributed by atoms with E-state index in [1.165, 1.54) is 0 Å². The van der Waals surface area contributed by atoms with Gasteiger partial charge in [0.05, 0.1) is 0 Å². The Bertz CT molecular complexity index is 265. The molecule has 1 aromatic heterocycles. The van der Waals surface area contributed by atoms with Gasteiger partial charge in [-0.2, -0.15) is 0 Å². The van der Waals surface area contributed by atoms with Gasteiger partial charge < -0.3 is 0 Å². The Labute approximate surface area is 68.7 Å². The number of hydrogen-bond acceptors (Lipinski definition) is 3. The summed E-state index contributed by atoms with van der Waals surface area (Å²) >= 11 is 0. The van der Waals surface area contributed by atoms with Gasteiger partial charge in [0.2, 0.25) is 0 Å². The molecule has 0 unspecified atom stereocenters. The van der Waals surface area contributed by atoms with Gasteiger partial charge in [-0.25, -0.2) is 13.4 Å². The van der Waals surface area contributed by atoms with Crippen LogP contribution in [-0.2, 0) is 5.41 Å². The zero-order valence-corrected chi connectivity index (χ0v) is 7.14. The quantitative estimate of drug-likeness (QED) is 0.659. The molecule has 0 fully saturated rings. The van der Waals surface area contributed by atoms with Crippen LogP contribution in [0, 0.1) is 0 Å². The molecule has 0 bridgehead atoms. The van der Waals surface area contributed by atoms with E-state index in [0.29, 0.717) is 0 Å². The fourth-order valence-electron chi connectivity index (χ4n) is 0.860. The van der Waals surface area contributed by atoms with E-state index in [1.807, 2.05) is 0 Å². The van der Waals surface area contributed by atoms with Crippen LogP contribution in [-0.4, -0.2) is 10.3 Å². The van der Waals surface area contributed by atoms with Gasteiger partial charge in [-0.15, -0.1) is 0 Å². The van der Waals surface area contributed by atoms with E-state index in [1.54, 1.807) is 20.8 Å². The molecule has 0 aliphatic rings. The third-order valence-electron chi connectivity index (χ3n) is 1.43. The summed E-state index contributed by atoms with van der Waals surface area (Å²) in [4.78, 5) is 0. The van der Waals surface area contributed by atoms with Gasteiger partial charge in [-0.1, -0.05) is 25.9 Å². The van der Waals surface area contributed by atoms with Gasteiger partial charge in [0.25, 0.3) is 6.43 Å². The fraction of sp³-hybridized carbons (Fsp3) is 0.714. The van der Waals surface area contributed by atoms with Crippen molar-refractivity contribution in [1.82, 2.24) is 10.3 Å². The maximum Gasteiger partial charge on any atom is 0.285 e. The molecule has 0 spiro atoms. The van der Waals surface area contributed by atoms with E-state index in [-0.39, 0.29) is 11.4 Å². The molecule has 12 heavy (non-hydrogen) atoms. The molecule has 0 aliphatic carbocycles. The summed E-state index contributed by atoms with van der Waals surface area (Å²) in [6.45, 7) is 5.33. The summed E-state index contributed by atoms with van der Waals surface area (Å²) in [6.07, 6.45) is -2.62. The smallest absolute Gasteiger partial charge is 0.244 e. The number of rotatable bonds is 1. The molecule has 1 aromatic rings. The molecule has 1 rings (SSSR count). The summed E-state index contributed by atoms with van der Waals surface area (Å²) in [5.74, 6) is 0. The lowest BCUT2D eigenvalue weighted by Gasteiger charge is -2.14. The van der Waals surface area contributed by atoms with Crippen molar-refractivity contribution in [2.24, 2.45) is 0 Å². The van der Waals surface area contributed by atoms with Crippen molar-refractivity contribution in [1.29, 1.82) is 0 Å². The minimum absolute atomic E-state index is 0.220. The molecule has 0 aliphatic heterocycles. The van der Waals surface area contributed by atoms with Gasteiger partial charge in [0.15, 0.2) is 5.69 Å². The van der Waals surface area contributed by atoms with Crippen LogP contribution in [0.2, 0.25) is 0 Å². The van der Waals surface area contributed by atoms with Crippen LogP contribution in [0.5, 0.6) is 0 Å². The van der Waals surface area contributed by atoms with Crippen molar-refractivity contribution >= 4 is 0 Å². The molecule has 0 aromatic carbocycles. The minimum Gasteiger partial charge on any atom is -0.244 e. The summed E-state index contributed by atoms with van der Waals surface area (Å²) in [5, 5.41) is 6.59. The Balaban J connectivity index is 3.08. The largest absolute Gasteiger partial charge is 0.285 e. The lowest BCUT2D eigenvalue weighted by molar-refractivity contribution is 0.137. The van der Waals surface area contributed by atoms with E-state index in [2.05, 4.69) is 14.9 Å². The zero-order valence-electron chi connectivity index (χ0n) is 7.14. The zero-order chi connectivity index (χ0) is 9.35. The highest BCUT2D eigenvalue weighted by Crippen LogP contribution is 2.28. The first kappa shape index (κ1) is 9.09. The number of nitrogens with zero attached hydrogens (tertiary/aromatic N) is 2. The van der Waals surface area contributed by atoms with Crippen molar-refractivity contribution in [3.63, 3.8) is 0 Å². The van der Waals surface area contributed by atoms with Crippen LogP contribution in [0.4, 0.5) is 8.78 Å². The van der Waals surface area contributed by atoms with Gasteiger partial charge in [-0.3, -0.25) is 0 Å². The van der Waals surface area contributed by atoms with Crippen molar-refractivity contribution in [2.75, 3.05) is 0 Å². The molecule has 0 saturated heterocycles. The van der Waals surface area contributed by atoms with Crippen molar-refractivity contribution in [2.45, 2.75) is 32.6 Å². The first-order valence-corrected chi connectivity index (χ1v) is 3.54. The Kier molecular flexibility index (Phi) is 2.12. The third-order valence-corrected chi connectivity index (χ3v) is 1.43.